The van der Waals surface area contributed by atoms with Gasteiger partial charge in [-0.1, -0.05) is 36.4 Å². The van der Waals surface area contributed by atoms with Crippen molar-refractivity contribution in [2.75, 3.05) is 26.3 Å². The van der Waals surface area contributed by atoms with Gasteiger partial charge in [0.05, 0.1) is 13.2 Å². The number of piperidine rings is 1. The van der Waals surface area contributed by atoms with E-state index < -0.39 is 0 Å². The van der Waals surface area contributed by atoms with E-state index >= 15 is 0 Å². The fourth-order valence-electron chi connectivity index (χ4n) is 3.73. The molecule has 0 N–H and O–H groups in total. The summed E-state index contributed by atoms with van der Waals surface area (Å²) in [5.41, 5.74) is 1.64. The highest BCUT2D eigenvalue weighted by Gasteiger charge is 2.32. The fourth-order valence-corrected chi connectivity index (χ4v) is 3.73. The lowest BCUT2D eigenvalue weighted by Crippen LogP contribution is -2.41. The number of carbonyl (C=O) groups is 1. The molecule has 0 spiro atoms. The second-order valence-corrected chi connectivity index (χ2v) is 7.00. The fraction of sp³-hybridized carbons (Fsp3) is 0.409. The number of hydrogen-bond donors (Lipinski definition) is 0. The van der Waals surface area contributed by atoms with E-state index in [0.29, 0.717) is 25.7 Å². The molecule has 142 valence electrons. The lowest BCUT2D eigenvalue weighted by molar-refractivity contribution is -0.0956. The number of ether oxygens (including phenoxy) is 3. The molecule has 2 saturated heterocycles. The van der Waals surface area contributed by atoms with E-state index in [9.17, 15) is 4.79 Å². The highest BCUT2D eigenvalue weighted by Crippen LogP contribution is 2.27. The van der Waals surface area contributed by atoms with Crippen LogP contribution in [0.1, 0.15) is 28.8 Å². The molecule has 5 heteroatoms. The van der Waals surface area contributed by atoms with Gasteiger partial charge in [0.15, 0.2) is 6.29 Å². The van der Waals surface area contributed by atoms with Crippen LogP contribution in [0.4, 0.5) is 0 Å². The Morgan fingerprint density at radius 1 is 0.963 bits per heavy atom. The number of rotatable bonds is 5. The van der Waals surface area contributed by atoms with Gasteiger partial charge in [-0.05, 0) is 31.0 Å². The van der Waals surface area contributed by atoms with E-state index in [-0.39, 0.29) is 12.2 Å². The van der Waals surface area contributed by atoms with Crippen molar-refractivity contribution < 1.29 is 19.0 Å². The number of para-hydroxylation sites is 1. The zero-order chi connectivity index (χ0) is 18.5. The van der Waals surface area contributed by atoms with Gasteiger partial charge in [0.1, 0.15) is 12.4 Å². The van der Waals surface area contributed by atoms with Crippen LogP contribution in [0.5, 0.6) is 5.75 Å². The minimum Gasteiger partial charge on any atom is -0.489 e. The quantitative estimate of drug-likeness (QED) is 0.812. The Labute approximate surface area is 159 Å². The maximum atomic E-state index is 13.1. The van der Waals surface area contributed by atoms with Crippen molar-refractivity contribution in [3.63, 3.8) is 0 Å². The van der Waals surface area contributed by atoms with Crippen LogP contribution in [-0.4, -0.2) is 43.4 Å². The summed E-state index contributed by atoms with van der Waals surface area (Å²) in [5.74, 6) is 1.26. The smallest absolute Gasteiger partial charge is 0.254 e. The molecule has 0 bridgehead atoms. The second kappa shape index (κ2) is 8.55. The van der Waals surface area contributed by atoms with Crippen LogP contribution >= 0.6 is 0 Å². The molecule has 2 aliphatic heterocycles. The molecule has 1 amide bonds. The van der Waals surface area contributed by atoms with E-state index in [1.807, 2.05) is 59.5 Å². The Kier molecular flexibility index (Phi) is 5.70. The summed E-state index contributed by atoms with van der Waals surface area (Å²) in [6.07, 6.45) is 1.74. The van der Waals surface area contributed by atoms with Crippen LogP contribution in [0.3, 0.4) is 0 Å². The molecular formula is C22H25NO4. The standard InChI is InChI=1S/C22H25NO4/c24-21(23-12-10-17(11-13-23)22-25-14-15-26-22)20-9-5-4-6-18(20)16-27-19-7-2-1-3-8-19/h1-9,17,22H,10-16H2. The zero-order valence-electron chi connectivity index (χ0n) is 15.4. The normalized spacial score (nSPS) is 18.6. The van der Waals surface area contributed by atoms with Crippen molar-refractivity contribution in [3.8, 4) is 5.75 Å². The predicted octanol–water partition coefficient (Wildman–Crippen LogP) is 3.49. The molecule has 0 saturated carbocycles. The molecule has 2 aromatic carbocycles. The molecule has 0 aromatic heterocycles. The Balaban J connectivity index is 1.38. The number of hydrogen-bond acceptors (Lipinski definition) is 4. The molecule has 5 nitrogen and oxygen atoms in total. The summed E-state index contributed by atoms with van der Waals surface area (Å²) in [6, 6.07) is 17.4. The predicted molar refractivity (Wildman–Crippen MR) is 102 cm³/mol. The van der Waals surface area contributed by atoms with Crippen LogP contribution in [0.25, 0.3) is 0 Å². The first-order valence-corrected chi connectivity index (χ1v) is 9.59. The van der Waals surface area contributed by atoms with Crippen molar-refractivity contribution in [2.24, 2.45) is 5.92 Å². The molecule has 2 heterocycles. The van der Waals surface area contributed by atoms with Gasteiger partial charge in [-0.25, -0.2) is 0 Å². The molecule has 4 rings (SSSR count). The molecule has 2 aromatic rings. The van der Waals surface area contributed by atoms with E-state index in [2.05, 4.69) is 0 Å². The third kappa shape index (κ3) is 4.31. The van der Waals surface area contributed by atoms with Gasteiger partial charge < -0.3 is 19.1 Å². The first-order valence-electron chi connectivity index (χ1n) is 9.59. The average Bonchev–Trinajstić information content (AvgIpc) is 3.28. The van der Waals surface area contributed by atoms with E-state index in [1.165, 1.54) is 0 Å². The minimum absolute atomic E-state index is 0.0778. The Hall–Kier alpha value is -2.37. The highest BCUT2D eigenvalue weighted by molar-refractivity contribution is 5.95. The summed E-state index contributed by atoms with van der Waals surface area (Å²) in [7, 11) is 0. The van der Waals surface area contributed by atoms with E-state index in [1.54, 1.807) is 0 Å². The van der Waals surface area contributed by atoms with Gasteiger partial charge in [-0.3, -0.25) is 4.79 Å². The number of benzene rings is 2. The third-order valence-corrected chi connectivity index (χ3v) is 5.24. The maximum absolute atomic E-state index is 13.1. The Bertz CT molecular complexity index is 750. The van der Waals surface area contributed by atoms with Crippen LogP contribution in [0.2, 0.25) is 0 Å². The first kappa shape index (κ1) is 18.0. The molecule has 0 radical (unpaired) electrons. The van der Waals surface area contributed by atoms with Crippen LogP contribution in [0, 0.1) is 5.92 Å². The van der Waals surface area contributed by atoms with Crippen LogP contribution in [0.15, 0.2) is 54.6 Å². The first-order chi connectivity index (χ1) is 13.3. The van der Waals surface area contributed by atoms with E-state index in [4.69, 9.17) is 14.2 Å². The lowest BCUT2D eigenvalue weighted by atomic mass is 9.95. The molecule has 2 aliphatic rings. The minimum atomic E-state index is -0.0891. The lowest BCUT2D eigenvalue weighted by Gasteiger charge is -2.34. The molecule has 0 atom stereocenters. The summed E-state index contributed by atoms with van der Waals surface area (Å²) < 4.78 is 17.1. The topological polar surface area (TPSA) is 48.0 Å². The van der Waals surface area contributed by atoms with Gasteiger partial charge in [0, 0.05) is 30.1 Å². The molecule has 2 fully saturated rings. The molecule has 27 heavy (non-hydrogen) atoms. The number of carbonyl (C=O) groups excluding carboxylic acids is 1. The summed E-state index contributed by atoms with van der Waals surface area (Å²) in [4.78, 5) is 15.0. The summed E-state index contributed by atoms with van der Waals surface area (Å²) >= 11 is 0. The van der Waals surface area contributed by atoms with Gasteiger partial charge >= 0.3 is 0 Å². The van der Waals surface area contributed by atoms with Crippen molar-refractivity contribution in [1.82, 2.24) is 4.90 Å². The van der Waals surface area contributed by atoms with Crippen LogP contribution in [-0.2, 0) is 16.1 Å². The van der Waals surface area contributed by atoms with Crippen molar-refractivity contribution in [2.45, 2.75) is 25.7 Å². The van der Waals surface area contributed by atoms with Crippen molar-refractivity contribution in [3.05, 3.63) is 65.7 Å². The van der Waals surface area contributed by atoms with Gasteiger partial charge in [-0.15, -0.1) is 0 Å². The maximum Gasteiger partial charge on any atom is 0.254 e. The van der Waals surface area contributed by atoms with Crippen LogP contribution < -0.4 is 4.74 Å². The highest BCUT2D eigenvalue weighted by atomic mass is 16.7. The van der Waals surface area contributed by atoms with E-state index in [0.717, 1.165) is 42.8 Å². The summed E-state index contributed by atoms with van der Waals surface area (Å²) in [6.45, 7) is 3.21. The van der Waals surface area contributed by atoms with Crippen molar-refractivity contribution in [1.29, 1.82) is 0 Å². The Morgan fingerprint density at radius 3 is 2.37 bits per heavy atom. The largest absolute Gasteiger partial charge is 0.489 e. The Morgan fingerprint density at radius 2 is 1.63 bits per heavy atom. The number of amides is 1. The average molecular weight is 367 g/mol. The monoisotopic (exact) mass is 367 g/mol. The zero-order valence-corrected chi connectivity index (χ0v) is 15.4. The third-order valence-electron chi connectivity index (χ3n) is 5.24. The molecule has 0 aliphatic carbocycles. The summed E-state index contributed by atoms with van der Waals surface area (Å²) in [5, 5.41) is 0. The molecular weight excluding hydrogens is 342 g/mol. The van der Waals surface area contributed by atoms with Gasteiger partial charge in [0.2, 0.25) is 0 Å². The van der Waals surface area contributed by atoms with Gasteiger partial charge in [-0.2, -0.15) is 0 Å². The number of likely N-dealkylation sites (tertiary alicyclic amines) is 1. The molecule has 0 unspecified atom stereocenters. The number of nitrogens with zero attached hydrogens (tertiary/aromatic N) is 1. The SMILES string of the molecule is O=C(c1ccccc1COc1ccccc1)N1CCC(C2OCCO2)CC1. The second-order valence-electron chi connectivity index (χ2n) is 7.00. The van der Waals surface area contributed by atoms with Gasteiger partial charge in [0.25, 0.3) is 5.91 Å². The van der Waals surface area contributed by atoms with Crippen molar-refractivity contribution >= 4 is 5.91 Å².